The lowest BCUT2D eigenvalue weighted by molar-refractivity contribution is -0.197. The molecule has 1 aliphatic heterocycles. The van der Waals surface area contributed by atoms with Crippen LogP contribution in [0.25, 0.3) is 10.8 Å². The second kappa shape index (κ2) is 5.36. The van der Waals surface area contributed by atoms with Gasteiger partial charge in [0.1, 0.15) is 24.9 Å². The highest BCUT2D eigenvalue weighted by Crippen LogP contribution is 2.41. The third-order valence-corrected chi connectivity index (χ3v) is 3.93. The van der Waals surface area contributed by atoms with Crippen LogP contribution >= 0.6 is 0 Å². The number of fused-ring (bicyclic) bond motifs is 1. The van der Waals surface area contributed by atoms with Crippen LogP contribution in [0.3, 0.4) is 0 Å². The lowest BCUT2D eigenvalue weighted by Gasteiger charge is -2.25. The van der Waals surface area contributed by atoms with E-state index in [1.807, 2.05) is 25.1 Å². The number of ether oxygens (including phenoxy) is 3. The molecule has 4 rings (SSSR count). The first-order chi connectivity index (χ1) is 11.2. The Labute approximate surface area is 132 Å². The summed E-state index contributed by atoms with van der Waals surface area (Å²) in [7, 11) is 1.64. The van der Waals surface area contributed by atoms with E-state index in [0.717, 1.165) is 16.5 Å². The quantitative estimate of drug-likeness (QED) is 0.736. The average molecular weight is 315 g/mol. The van der Waals surface area contributed by atoms with Gasteiger partial charge in [0.2, 0.25) is 5.79 Å². The van der Waals surface area contributed by atoms with Gasteiger partial charge in [0.05, 0.1) is 26.1 Å². The fraction of sp³-hybridized carbons (Fsp3) is 0.375. The van der Waals surface area contributed by atoms with E-state index >= 15 is 0 Å². The second-order valence-corrected chi connectivity index (χ2v) is 5.60. The van der Waals surface area contributed by atoms with Gasteiger partial charge in [0.25, 0.3) is 0 Å². The molecule has 3 aromatic rings. The van der Waals surface area contributed by atoms with E-state index in [-0.39, 0.29) is 6.10 Å². The van der Waals surface area contributed by atoms with Crippen LogP contribution < -0.4 is 4.74 Å². The van der Waals surface area contributed by atoms with Gasteiger partial charge in [0, 0.05) is 10.8 Å². The van der Waals surface area contributed by atoms with Gasteiger partial charge >= 0.3 is 0 Å². The van der Waals surface area contributed by atoms with Crippen LogP contribution in [0.15, 0.2) is 41.5 Å². The summed E-state index contributed by atoms with van der Waals surface area (Å²) in [5.74, 6) is 0.399. The zero-order chi connectivity index (χ0) is 15.9. The lowest BCUT2D eigenvalue weighted by atomic mass is 10.1. The number of aromatic nitrogens is 3. The number of rotatable bonds is 4. The van der Waals surface area contributed by atoms with Crippen LogP contribution in [0.2, 0.25) is 0 Å². The Morgan fingerprint density at radius 2 is 2.35 bits per heavy atom. The molecule has 7 nitrogen and oxygen atoms in total. The predicted molar refractivity (Wildman–Crippen MR) is 81.0 cm³/mol. The summed E-state index contributed by atoms with van der Waals surface area (Å²) in [4.78, 5) is 3.97. The van der Waals surface area contributed by atoms with Crippen molar-refractivity contribution >= 4 is 10.8 Å². The fourth-order valence-corrected chi connectivity index (χ4v) is 2.90. The van der Waals surface area contributed by atoms with Gasteiger partial charge in [0.15, 0.2) is 5.76 Å². The van der Waals surface area contributed by atoms with Gasteiger partial charge in [-0.15, -0.1) is 0 Å². The minimum Gasteiger partial charge on any atom is -0.497 e. The molecule has 0 saturated carbocycles. The normalized spacial score (nSPS) is 24.3. The van der Waals surface area contributed by atoms with Crippen molar-refractivity contribution in [2.24, 2.45) is 0 Å². The molecule has 7 heteroatoms. The predicted octanol–water partition coefficient (Wildman–Crippen LogP) is 2.32. The van der Waals surface area contributed by atoms with E-state index in [1.165, 1.54) is 6.33 Å². The Kier molecular flexibility index (Phi) is 3.32. The van der Waals surface area contributed by atoms with Crippen LogP contribution in [0.5, 0.6) is 5.75 Å². The summed E-state index contributed by atoms with van der Waals surface area (Å²) in [6.45, 7) is 2.83. The molecule has 1 saturated heterocycles. The minimum absolute atomic E-state index is 0.0306. The molecule has 1 fully saturated rings. The molecule has 1 aliphatic rings. The number of nitrogens with zero attached hydrogens (tertiary/aromatic N) is 3. The minimum atomic E-state index is -1.01. The Bertz CT molecular complexity index is 814. The van der Waals surface area contributed by atoms with Crippen molar-refractivity contribution in [3.8, 4) is 5.75 Å². The summed E-state index contributed by atoms with van der Waals surface area (Å²) in [5.41, 5.74) is 0. The number of methoxy groups -OCH3 is 1. The zero-order valence-corrected chi connectivity index (χ0v) is 12.9. The summed E-state index contributed by atoms with van der Waals surface area (Å²) >= 11 is 0. The van der Waals surface area contributed by atoms with Crippen molar-refractivity contribution in [3.63, 3.8) is 0 Å². The molecule has 0 N–H and O–H groups in total. The van der Waals surface area contributed by atoms with Crippen LogP contribution in [0.4, 0.5) is 0 Å². The first-order valence-corrected chi connectivity index (χ1v) is 7.40. The average Bonchev–Trinajstić information content (AvgIpc) is 3.27. The molecule has 0 aliphatic carbocycles. The maximum atomic E-state index is 6.10. The van der Waals surface area contributed by atoms with Gasteiger partial charge in [-0.2, -0.15) is 5.10 Å². The molecule has 2 unspecified atom stereocenters. The Hall–Kier alpha value is -2.38. The molecule has 2 aromatic heterocycles. The molecule has 0 spiro atoms. The van der Waals surface area contributed by atoms with Gasteiger partial charge in [-0.1, -0.05) is 0 Å². The van der Waals surface area contributed by atoms with E-state index in [4.69, 9.17) is 18.6 Å². The van der Waals surface area contributed by atoms with Crippen LogP contribution in [0, 0.1) is 0 Å². The second-order valence-electron chi connectivity index (χ2n) is 5.60. The largest absolute Gasteiger partial charge is 0.497 e. The molecule has 23 heavy (non-hydrogen) atoms. The lowest BCUT2D eigenvalue weighted by Crippen LogP contribution is -2.33. The van der Waals surface area contributed by atoms with Crippen molar-refractivity contribution in [3.05, 3.63) is 42.9 Å². The fourth-order valence-electron chi connectivity index (χ4n) is 2.90. The van der Waals surface area contributed by atoms with E-state index in [2.05, 4.69) is 10.1 Å². The molecule has 0 bridgehead atoms. The molecule has 3 heterocycles. The monoisotopic (exact) mass is 315 g/mol. The number of furan rings is 1. The zero-order valence-electron chi connectivity index (χ0n) is 12.9. The third-order valence-electron chi connectivity index (χ3n) is 3.93. The smallest absolute Gasteiger partial charge is 0.249 e. The van der Waals surface area contributed by atoms with E-state index in [9.17, 15) is 0 Å². The first-order valence-electron chi connectivity index (χ1n) is 7.40. The third kappa shape index (κ3) is 2.38. The van der Waals surface area contributed by atoms with E-state index < -0.39 is 5.79 Å². The molecule has 1 aromatic carbocycles. The maximum absolute atomic E-state index is 6.10. The maximum Gasteiger partial charge on any atom is 0.249 e. The Morgan fingerprint density at radius 1 is 1.43 bits per heavy atom. The molecular formula is C16H17N3O4. The highest BCUT2D eigenvalue weighted by molar-refractivity contribution is 5.86. The highest BCUT2D eigenvalue weighted by atomic mass is 16.8. The Balaban J connectivity index is 1.80. The van der Waals surface area contributed by atoms with E-state index in [1.54, 1.807) is 24.4 Å². The van der Waals surface area contributed by atoms with Crippen molar-refractivity contribution in [2.75, 3.05) is 13.7 Å². The summed E-state index contributed by atoms with van der Waals surface area (Å²) in [6.07, 6.45) is 4.77. The van der Waals surface area contributed by atoms with Crippen molar-refractivity contribution in [1.29, 1.82) is 0 Å². The molecule has 0 radical (unpaired) electrons. The molecular weight excluding hydrogens is 298 g/mol. The van der Waals surface area contributed by atoms with Crippen LogP contribution in [0.1, 0.15) is 12.7 Å². The van der Waals surface area contributed by atoms with Gasteiger partial charge in [-0.3, -0.25) is 0 Å². The number of hydrogen-bond acceptors (Lipinski definition) is 6. The van der Waals surface area contributed by atoms with Crippen LogP contribution in [-0.4, -0.2) is 34.6 Å². The first kappa shape index (κ1) is 14.2. The standard InChI is InChI=1S/C16H17N3O4/c1-11-6-22-16(23-11,8-19-10-17-9-18-19)15-14-4-3-13(20-2)5-12(14)7-21-15/h3-5,7,9-11H,6,8H2,1-2H3. The van der Waals surface area contributed by atoms with Gasteiger partial charge in [-0.05, 0) is 25.1 Å². The summed E-state index contributed by atoms with van der Waals surface area (Å²) in [5, 5.41) is 6.02. The molecule has 0 amide bonds. The topological polar surface area (TPSA) is 71.5 Å². The van der Waals surface area contributed by atoms with Crippen molar-refractivity contribution in [1.82, 2.24) is 14.8 Å². The number of hydrogen-bond donors (Lipinski definition) is 0. The highest BCUT2D eigenvalue weighted by Gasteiger charge is 2.46. The SMILES string of the molecule is COc1ccc2c(C3(Cn4cncn4)OCC(C)O3)occ2c1. The summed E-state index contributed by atoms with van der Waals surface area (Å²) in [6, 6.07) is 5.76. The van der Waals surface area contributed by atoms with Crippen molar-refractivity contribution < 1.29 is 18.6 Å². The van der Waals surface area contributed by atoms with Gasteiger partial charge < -0.3 is 18.6 Å². The van der Waals surface area contributed by atoms with Crippen molar-refractivity contribution in [2.45, 2.75) is 25.4 Å². The van der Waals surface area contributed by atoms with Gasteiger partial charge in [-0.25, -0.2) is 9.67 Å². The number of benzene rings is 1. The molecule has 2 atom stereocenters. The summed E-state index contributed by atoms with van der Waals surface area (Å²) < 4.78 is 24.9. The Morgan fingerprint density at radius 3 is 3.04 bits per heavy atom. The van der Waals surface area contributed by atoms with E-state index in [0.29, 0.717) is 18.9 Å². The molecule has 120 valence electrons. The van der Waals surface area contributed by atoms with Crippen LogP contribution in [-0.2, 0) is 21.8 Å².